The summed E-state index contributed by atoms with van der Waals surface area (Å²) in [4.78, 5) is 0. The zero-order valence-corrected chi connectivity index (χ0v) is 15.9. The van der Waals surface area contributed by atoms with Gasteiger partial charge in [0.2, 0.25) is 0 Å². The van der Waals surface area contributed by atoms with Crippen LogP contribution >= 0.6 is 15.9 Å². The number of nitrogens with one attached hydrogen (secondary N) is 1. The Kier molecular flexibility index (Phi) is 7.22. The Hall–Kier alpha value is -0.540. The quantitative estimate of drug-likeness (QED) is 0.738. The van der Waals surface area contributed by atoms with E-state index in [1.807, 2.05) is 6.07 Å². The molecule has 1 rings (SSSR count). The van der Waals surface area contributed by atoms with Crippen LogP contribution in [-0.4, -0.2) is 19.7 Å². The van der Waals surface area contributed by atoms with Gasteiger partial charge in [-0.25, -0.2) is 0 Å². The molecule has 0 bridgehead atoms. The van der Waals surface area contributed by atoms with Crippen molar-refractivity contribution in [3.05, 3.63) is 28.2 Å². The lowest BCUT2D eigenvalue weighted by atomic mass is 9.78. The average Bonchev–Trinajstić information content (AvgIpc) is 2.40. The molecular formula is C18H30BrNO. The van der Waals surface area contributed by atoms with E-state index < -0.39 is 0 Å². The molecule has 0 fully saturated rings. The molecule has 0 aliphatic heterocycles. The Morgan fingerprint density at radius 3 is 2.48 bits per heavy atom. The zero-order chi connectivity index (χ0) is 16.0. The van der Waals surface area contributed by atoms with Crippen LogP contribution in [0, 0.1) is 11.3 Å². The second-order valence-corrected chi connectivity index (χ2v) is 7.77. The Morgan fingerprint density at radius 2 is 1.95 bits per heavy atom. The SMILES string of the molecule is CCNC(Cc1cc(OC)ccc1Br)CC(C)C(C)(C)C. The maximum Gasteiger partial charge on any atom is 0.119 e. The fourth-order valence-electron chi connectivity index (χ4n) is 2.41. The van der Waals surface area contributed by atoms with Crippen LogP contribution in [0.4, 0.5) is 0 Å². The van der Waals surface area contributed by atoms with E-state index in [0.717, 1.165) is 23.2 Å². The van der Waals surface area contributed by atoms with E-state index in [-0.39, 0.29) is 0 Å². The zero-order valence-electron chi connectivity index (χ0n) is 14.3. The summed E-state index contributed by atoms with van der Waals surface area (Å²) in [7, 11) is 1.72. The van der Waals surface area contributed by atoms with E-state index in [4.69, 9.17) is 4.74 Å². The smallest absolute Gasteiger partial charge is 0.119 e. The van der Waals surface area contributed by atoms with Crippen LogP contribution in [0.1, 0.15) is 46.6 Å². The highest BCUT2D eigenvalue weighted by molar-refractivity contribution is 9.10. The van der Waals surface area contributed by atoms with Gasteiger partial charge in [-0.2, -0.15) is 0 Å². The average molecular weight is 356 g/mol. The van der Waals surface area contributed by atoms with Crippen molar-refractivity contribution < 1.29 is 4.74 Å². The highest BCUT2D eigenvalue weighted by Crippen LogP contribution is 2.31. The van der Waals surface area contributed by atoms with Crippen molar-refractivity contribution in [1.82, 2.24) is 5.32 Å². The maximum atomic E-state index is 5.35. The fourth-order valence-corrected chi connectivity index (χ4v) is 2.82. The molecule has 1 N–H and O–H groups in total. The molecule has 2 unspecified atom stereocenters. The van der Waals surface area contributed by atoms with E-state index in [1.54, 1.807) is 7.11 Å². The number of halogens is 1. The van der Waals surface area contributed by atoms with Gasteiger partial charge < -0.3 is 10.1 Å². The fraction of sp³-hybridized carbons (Fsp3) is 0.667. The molecular weight excluding hydrogens is 326 g/mol. The molecule has 0 saturated carbocycles. The second-order valence-electron chi connectivity index (χ2n) is 6.92. The van der Waals surface area contributed by atoms with Gasteiger partial charge in [0.25, 0.3) is 0 Å². The standard InChI is InChI=1S/C18H30BrNO/c1-7-20-15(10-13(2)18(3,4)5)11-14-12-16(21-6)8-9-17(14)19/h8-9,12-13,15,20H,7,10-11H2,1-6H3. The van der Waals surface area contributed by atoms with Crippen molar-refractivity contribution >= 4 is 15.9 Å². The third-order valence-electron chi connectivity index (χ3n) is 4.33. The summed E-state index contributed by atoms with van der Waals surface area (Å²) in [5.41, 5.74) is 1.65. The number of rotatable bonds is 7. The van der Waals surface area contributed by atoms with Gasteiger partial charge in [0, 0.05) is 10.5 Å². The number of ether oxygens (including phenoxy) is 1. The van der Waals surface area contributed by atoms with Gasteiger partial charge in [0.15, 0.2) is 0 Å². The minimum atomic E-state index is 0.347. The van der Waals surface area contributed by atoms with Gasteiger partial charge in [0.1, 0.15) is 5.75 Å². The molecule has 0 aliphatic rings. The van der Waals surface area contributed by atoms with E-state index in [2.05, 4.69) is 68.0 Å². The second kappa shape index (κ2) is 8.19. The molecule has 3 heteroatoms. The predicted molar refractivity (Wildman–Crippen MR) is 95.1 cm³/mol. The summed E-state index contributed by atoms with van der Waals surface area (Å²) < 4.78 is 6.51. The molecule has 0 aliphatic carbocycles. The first kappa shape index (κ1) is 18.5. The van der Waals surface area contributed by atoms with Crippen LogP contribution in [0.15, 0.2) is 22.7 Å². The lowest BCUT2D eigenvalue weighted by Gasteiger charge is -2.31. The van der Waals surface area contributed by atoms with E-state index in [1.165, 1.54) is 12.0 Å². The van der Waals surface area contributed by atoms with Gasteiger partial charge >= 0.3 is 0 Å². The van der Waals surface area contributed by atoms with Gasteiger partial charge in [-0.3, -0.25) is 0 Å². The van der Waals surface area contributed by atoms with Crippen molar-refractivity contribution in [3.63, 3.8) is 0 Å². The molecule has 0 aromatic heterocycles. The summed E-state index contributed by atoms with van der Waals surface area (Å²) in [6.45, 7) is 12.5. The number of benzene rings is 1. The van der Waals surface area contributed by atoms with Gasteiger partial charge in [-0.15, -0.1) is 0 Å². The number of hydrogen-bond acceptors (Lipinski definition) is 2. The highest BCUT2D eigenvalue weighted by Gasteiger charge is 2.23. The Morgan fingerprint density at radius 1 is 1.29 bits per heavy atom. The molecule has 0 saturated heterocycles. The van der Waals surface area contributed by atoms with E-state index in [9.17, 15) is 0 Å². The molecule has 120 valence electrons. The van der Waals surface area contributed by atoms with Crippen molar-refractivity contribution in [2.24, 2.45) is 11.3 Å². The summed E-state index contributed by atoms with van der Waals surface area (Å²) >= 11 is 3.66. The van der Waals surface area contributed by atoms with Crippen molar-refractivity contribution in [2.75, 3.05) is 13.7 Å². The largest absolute Gasteiger partial charge is 0.497 e. The monoisotopic (exact) mass is 355 g/mol. The molecule has 21 heavy (non-hydrogen) atoms. The van der Waals surface area contributed by atoms with Crippen LogP contribution in [0.3, 0.4) is 0 Å². The first-order valence-corrected chi connectivity index (χ1v) is 8.63. The predicted octanol–water partition coefficient (Wildman–Crippen LogP) is 5.05. The Bertz CT molecular complexity index is 439. The van der Waals surface area contributed by atoms with Crippen LogP contribution in [0.25, 0.3) is 0 Å². The number of likely N-dealkylation sites (N-methyl/N-ethyl adjacent to an activating group) is 1. The molecule has 0 radical (unpaired) electrons. The molecule has 2 nitrogen and oxygen atoms in total. The summed E-state index contributed by atoms with van der Waals surface area (Å²) in [6.07, 6.45) is 2.20. The lowest BCUT2D eigenvalue weighted by Crippen LogP contribution is -2.35. The molecule has 0 heterocycles. The molecule has 2 atom stereocenters. The lowest BCUT2D eigenvalue weighted by molar-refractivity contribution is 0.222. The van der Waals surface area contributed by atoms with Gasteiger partial charge in [-0.05, 0) is 54.5 Å². The maximum absolute atomic E-state index is 5.35. The summed E-state index contributed by atoms with van der Waals surface area (Å²) in [5, 5.41) is 3.64. The first-order chi connectivity index (χ1) is 9.77. The van der Waals surface area contributed by atoms with Crippen LogP contribution in [0.2, 0.25) is 0 Å². The summed E-state index contributed by atoms with van der Waals surface area (Å²) in [5.74, 6) is 1.60. The van der Waals surface area contributed by atoms with E-state index in [0.29, 0.717) is 17.4 Å². The van der Waals surface area contributed by atoms with Gasteiger partial charge in [-0.1, -0.05) is 50.5 Å². The van der Waals surface area contributed by atoms with Crippen LogP contribution < -0.4 is 10.1 Å². The topological polar surface area (TPSA) is 21.3 Å². The van der Waals surface area contributed by atoms with Crippen LogP contribution in [0.5, 0.6) is 5.75 Å². The normalized spacial score (nSPS) is 14.8. The number of methoxy groups -OCH3 is 1. The Labute approximate surface area is 138 Å². The molecule has 1 aromatic carbocycles. The summed E-state index contributed by atoms with van der Waals surface area (Å²) in [6, 6.07) is 6.70. The minimum absolute atomic E-state index is 0.347. The molecule has 0 spiro atoms. The van der Waals surface area contributed by atoms with Crippen molar-refractivity contribution in [3.8, 4) is 5.75 Å². The van der Waals surface area contributed by atoms with Crippen LogP contribution in [-0.2, 0) is 6.42 Å². The first-order valence-electron chi connectivity index (χ1n) is 7.83. The Balaban J connectivity index is 2.83. The highest BCUT2D eigenvalue weighted by atomic mass is 79.9. The van der Waals surface area contributed by atoms with E-state index >= 15 is 0 Å². The number of hydrogen-bond donors (Lipinski definition) is 1. The molecule has 0 amide bonds. The van der Waals surface area contributed by atoms with Crippen molar-refractivity contribution in [2.45, 2.75) is 53.5 Å². The van der Waals surface area contributed by atoms with Crippen molar-refractivity contribution in [1.29, 1.82) is 0 Å². The third-order valence-corrected chi connectivity index (χ3v) is 5.10. The third kappa shape index (κ3) is 5.99. The van der Waals surface area contributed by atoms with Gasteiger partial charge in [0.05, 0.1) is 7.11 Å². The molecule has 1 aromatic rings. The minimum Gasteiger partial charge on any atom is -0.497 e.